The highest BCUT2D eigenvalue weighted by Gasteiger charge is 2.32. The van der Waals surface area contributed by atoms with Crippen molar-refractivity contribution in [3.8, 4) is 0 Å². The quantitative estimate of drug-likeness (QED) is 0.754. The van der Waals surface area contributed by atoms with E-state index >= 15 is 0 Å². The van der Waals surface area contributed by atoms with Crippen LogP contribution in [0.1, 0.15) is 40.5 Å². The molecule has 0 saturated carbocycles. The van der Waals surface area contributed by atoms with E-state index in [1.165, 1.54) is 0 Å². The molecule has 29 heavy (non-hydrogen) atoms. The van der Waals surface area contributed by atoms with Gasteiger partial charge in [0.2, 0.25) is 5.91 Å². The molecule has 3 rings (SSSR count). The standard InChI is InChI=1S/C23H29N3O3/c1-17-8-4-5-9-19(17)23(28)26-14-11-18(12-15-26)22(27)25(2)21(16-29-3)20-10-6-7-13-24-20/h4-10,13,18,21H,11-12,14-16H2,1-3H3. The smallest absolute Gasteiger partial charge is 0.254 e. The molecule has 2 aromatic rings. The number of likely N-dealkylation sites (tertiary alicyclic amines) is 1. The van der Waals surface area contributed by atoms with Crippen LogP contribution in [-0.2, 0) is 9.53 Å². The van der Waals surface area contributed by atoms with Gasteiger partial charge in [0.15, 0.2) is 0 Å². The fraction of sp³-hybridized carbons (Fsp3) is 0.435. The topological polar surface area (TPSA) is 62.7 Å². The number of hydrogen-bond acceptors (Lipinski definition) is 4. The summed E-state index contributed by atoms with van der Waals surface area (Å²) in [7, 11) is 3.44. The third-order valence-electron chi connectivity index (χ3n) is 5.68. The van der Waals surface area contributed by atoms with Crippen molar-refractivity contribution in [3.63, 3.8) is 0 Å². The SMILES string of the molecule is COCC(c1ccccn1)N(C)C(=O)C1CCN(C(=O)c2ccccc2C)CC1. The van der Waals surface area contributed by atoms with E-state index in [4.69, 9.17) is 4.74 Å². The summed E-state index contributed by atoms with van der Waals surface area (Å²) in [6, 6.07) is 13.1. The minimum Gasteiger partial charge on any atom is -0.382 e. The van der Waals surface area contributed by atoms with Crippen LogP contribution >= 0.6 is 0 Å². The van der Waals surface area contributed by atoms with Gasteiger partial charge in [0.05, 0.1) is 18.3 Å². The zero-order valence-electron chi connectivity index (χ0n) is 17.4. The number of aromatic nitrogens is 1. The number of hydrogen-bond donors (Lipinski definition) is 0. The molecule has 0 N–H and O–H groups in total. The number of rotatable bonds is 6. The largest absolute Gasteiger partial charge is 0.382 e. The maximum atomic E-state index is 13.1. The Morgan fingerprint density at radius 1 is 1.17 bits per heavy atom. The first-order chi connectivity index (χ1) is 14.0. The number of amides is 2. The van der Waals surface area contributed by atoms with Gasteiger partial charge in [0, 0.05) is 44.9 Å². The third-order valence-corrected chi connectivity index (χ3v) is 5.68. The lowest BCUT2D eigenvalue weighted by Gasteiger charge is -2.35. The van der Waals surface area contributed by atoms with Gasteiger partial charge in [-0.15, -0.1) is 0 Å². The first-order valence-electron chi connectivity index (χ1n) is 10.0. The van der Waals surface area contributed by atoms with Crippen LogP contribution in [0.25, 0.3) is 0 Å². The van der Waals surface area contributed by atoms with Gasteiger partial charge < -0.3 is 14.5 Å². The number of aryl methyl sites for hydroxylation is 1. The Labute approximate surface area is 172 Å². The van der Waals surface area contributed by atoms with E-state index in [9.17, 15) is 9.59 Å². The van der Waals surface area contributed by atoms with Crippen LogP contribution in [-0.4, -0.2) is 60.5 Å². The Bertz CT molecular complexity index is 832. The summed E-state index contributed by atoms with van der Waals surface area (Å²) in [6.07, 6.45) is 3.07. The summed E-state index contributed by atoms with van der Waals surface area (Å²) >= 11 is 0. The van der Waals surface area contributed by atoms with Crippen molar-refractivity contribution in [2.45, 2.75) is 25.8 Å². The predicted octanol–water partition coefficient (Wildman–Crippen LogP) is 3.09. The fourth-order valence-corrected chi connectivity index (χ4v) is 3.88. The molecule has 2 heterocycles. The van der Waals surface area contributed by atoms with Gasteiger partial charge in [-0.05, 0) is 43.5 Å². The van der Waals surface area contributed by atoms with Gasteiger partial charge in [-0.3, -0.25) is 14.6 Å². The molecule has 1 saturated heterocycles. The zero-order valence-corrected chi connectivity index (χ0v) is 17.4. The molecule has 0 bridgehead atoms. The second-order valence-corrected chi connectivity index (χ2v) is 7.56. The van der Waals surface area contributed by atoms with E-state index < -0.39 is 0 Å². The Hall–Kier alpha value is -2.73. The minimum atomic E-state index is -0.222. The number of nitrogens with zero attached hydrogens (tertiary/aromatic N) is 3. The lowest BCUT2D eigenvalue weighted by atomic mass is 9.94. The van der Waals surface area contributed by atoms with Crippen molar-refractivity contribution >= 4 is 11.8 Å². The van der Waals surface area contributed by atoms with Crippen LogP contribution in [0, 0.1) is 12.8 Å². The van der Waals surface area contributed by atoms with Crippen molar-refractivity contribution in [1.29, 1.82) is 0 Å². The number of pyridine rings is 1. The molecule has 6 nitrogen and oxygen atoms in total. The molecular weight excluding hydrogens is 366 g/mol. The van der Waals surface area contributed by atoms with Crippen LogP contribution < -0.4 is 0 Å². The second kappa shape index (κ2) is 9.65. The number of likely N-dealkylation sites (N-methyl/N-ethyl adjacent to an activating group) is 1. The molecule has 1 aromatic carbocycles. The molecule has 1 unspecified atom stereocenters. The highest BCUT2D eigenvalue weighted by molar-refractivity contribution is 5.95. The Morgan fingerprint density at radius 2 is 1.86 bits per heavy atom. The van der Waals surface area contributed by atoms with E-state index in [-0.39, 0.29) is 23.8 Å². The molecule has 1 aliphatic rings. The van der Waals surface area contributed by atoms with Crippen LogP contribution in [0.3, 0.4) is 0 Å². The van der Waals surface area contributed by atoms with Crippen molar-refractivity contribution in [2.24, 2.45) is 5.92 Å². The predicted molar refractivity (Wildman–Crippen MR) is 111 cm³/mol. The van der Waals surface area contributed by atoms with Gasteiger partial charge in [-0.1, -0.05) is 24.3 Å². The molecule has 0 aliphatic carbocycles. The van der Waals surface area contributed by atoms with Gasteiger partial charge >= 0.3 is 0 Å². The number of ether oxygens (including phenoxy) is 1. The molecule has 2 amide bonds. The van der Waals surface area contributed by atoms with Crippen LogP contribution in [0.4, 0.5) is 0 Å². The molecule has 0 spiro atoms. The minimum absolute atomic E-state index is 0.0492. The van der Waals surface area contributed by atoms with Gasteiger partial charge in [0.1, 0.15) is 0 Å². The maximum absolute atomic E-state index is 13.1. The molecule has 1 aromatic heterocycles. The molecule has 154 valence electrons. The molecule has 0 radical (unpaired) electrons. The van der Waals surface area contributed by atoms with Crippen molar-refractivity contribution in [1.82, 2.24) is 14.8 Å². The highest BCUT2D eigenvalue weighted by Crippen LogP contribution is 2.26. The number of piperidine rings is 1. The summed E-state index contributed by atoms with van der Waals surface area (Å²) in [6.45, 7) is 3.53. The van der Waals surface area contributed by atoms with Gasteiger partial charge in [-0.2, -0.15) is 0 Å². The van der Waals surface area contributed by atoms with Crippen LogP contribution in [0.15, 0.2) is 48.7 Å². The van der Waals surface area contributed by atoms with Crippen LogP contribution in [0.2, 0.25) is 0 Å². The van der Waals surface area contributed by atoms with Crippen molar-refractivity contribution in [3.05, 3.63) is 65.5 Å². The average molecular weight is 396 g/mol. The van der Waals surface area contributed by atoms with Crippen molar-refractivity contribution < 1.29 is 14.3 Å². The van der Waals surface area contributed by atoms with Crippen molar-refractivity contribution in [2.75, 3.05) is 33.9 Å². The number of carbonyl (C=O) groups excluding carboxylic acids is 2. The first kappa shape index (κ1) is 21.0. The fourth-order valence-electron chi connectivity index (χ4n) is 3.88. The van der Waals surface area contributed by atoms with E-state index in [0.717, 1.165) is 16.8 Å². The molecule has 1 fully saturated rings. The highest BCUT2D eigenvalue weighted by atomic mass is 16.5. The first-order valence-corrected chi connectivity index (χ1v) is 10.0. The summed E-state index contributed by atoms with van der Waals surface area (Å²) in [4.78, 5) is 33.9. The Balaban J connectivity index is 1.63. The summed E-state index contributed by atoms with van der Waals surface area (Å²) in [5.41, 5.74) is 2.54. The Kier molecular flexibility index (Phi) is 6.99. The lowest BCUT2D eigenvalue weighted by Crippen LogP contribution is -2.45. The number of methoxy groups -OCH3 is 1. The monoisotopic (exact) mass is 395 g/mol. The summed E-state index contributed by atoms with van der Waals surface area (Å²) in [5, 5.41) is 0. The summed E-state index contributed by atoms with van der Waals surface area (Å²) < 4.78 is 5.34. The van der Waals surface area contributed by atoms with Gasteiger partial charge in [0.25, 0.3) is 5.91 Å². The van der Waals surface area contributed by atoms with Crippen LogP contribution in [0.5, 0.6) is 0 Å². The summed E-state index contributed by atoms with van der Waals surface area (Å²) in [5.74, 6) is 0.0396. The maximum Gasteiger partial charge on any atom is 0.254 e. The Morgan fingerprint density at radius 3 is 2.48 bits per heavy atom. The zero-order chi connectivity index (χ0) is 20.8. The normalized spacial score (nSPS) is 15.8. The molecular formula is C23H29N3O3. The lowest BCUT2D eigenvalue weighted by molar-refractivity contribution is -0.139. The molecule has 1 atom stereocenters. The number of benzene rings is 1. The third kappa shape index (κ3) is 4.82. The number of carbonyl (C=O) groups is 2. The second-order valence-electron chi connectivity index (χ2n) is 7.56. The van der Waals surface area contributed by atoms with E-state index in [1.54, 1.807) is 18.2 Å². The average Bonchev–Trinajstić information content (AvgIpc) is 2.77. The van der Waals surface area contributed by atoms with Gasteiger partial charge in [-0.25, -0.2) is 0 Å². The van der Waals surface area contributed by atoms with E-state index in [0.29, 0.717) is 32.5 Å². The van der Waals surface area contributed by atoms with E-state index in [1.807, 2.05) is 61.3 Å². The van der Waals surface area contributed by atoms with E-state index in [2.05, 4.69) is 4.98 Å². The molecule has 1 aliphatic heterocycles. The molecule has 6 heteroatoms.